The van der Waals surface area contributed by atoms with Crippen molar-refractivity contribution in [2.45, 2.75) is 58.5 Å². The standard InChI is InChI=1S/C11H20O/c1-10-4-3-5-11(2,8-10)7-9(12)6-10/h9,12H,3-8H2,1-2H3/t9?,10-,11+. The first-order valence-corrected chi connectivity index (χ1v) is 5.20. The highest BCUT2D eigenvalue weighted by atomic mass is 16.3. The number of aliphatic hydroxyl groups excluding tert-OH is 1. The summed E-state index contributed by atoms with van der Waals surface area (Å²) in [6.45, 7) is 4.71. The van der Waals surface area contributed by atoms with Gasteiger partial charge < -0.3 is 5.11 Å². The van der Waals surface area contributed by atoms with Crippen molar-refractivity contribution in [3.63, 3.8) is 0 Å². The van der Waals surface area contributed by atoms with Crippen LogP contribution in [0.1, 0.15) is 52.4 Å². The Kier molecular flexibility index (Phi) is 1.76. The van der Waals surface area contributed by atoms with Gasteiger partial charge in [0.2, 0.25) is 0 Å². The molecule has 0 aromatic carbocycles. The highest BCUT2D eigenvalue weighted by Crippen LogP contribution is 2.54. The van der Waals surface area contributed by atoms with Crippen LogP contribution < -0.4 is 0 Å². The van der Waals surface area contributed by atoms with Crippen LogP contribution in [0.3, 0.4) is 0 Å². The summed E-state index contributed by atoms with van der Waals surface area (Å²) in [5.74, 6) is 0. The van der Waals surface area contributed by atoms with Gasteiger partial charge in [0, 0.05) is 0 Å². The molecule has 3 atom stereocenters. The number of rotatable bonds is 0. The Balaban J connectivity index is 2.19. The molecule has 2 aliphatic carbocycles. The Labute approximate surface area is 75.2 Å². The highest BCUT2D eigenvalue weighted by molar-refractivity contribution is 4.96. The average Bonchev–Trinajstić information content (AvgIpc) is 1.79. The van der Waals surface area contributed by atoms with Crippen molar-refractivity contribution in [1.82, 2.24) is 0 Å². The van der Waals surface area contributed by atoms with Gasteiger partial charge in [-0.15, -0.1) is 0 Å². The summed E-state index contributed by atoms with van der Waals surface area (Å²) in [5, 5.41) is 9.75. The maximum Gasteiger partial charge on any atom is 0.0550 e. The fourth-order valence-electron chi connectivity index (χ4n) is 3.71. The Morgan fingerprint density at radius 3 is 2.08 bits per heavy atom. The Bertz CT molecular complexity index is 171. The molecule has 0 saturated heterocycles. The van der Waals surface area contributed by atoms with E-state index < -0.39 is 0 Å². The Hall–Kier alpha value is -0.0400. The normalized spacial score (nSPS) is 53.8. The van der Waals surface area contributed by atoms with Crippen LogP contribution in [0.5, 0.6) is 0 Å². The van der Waals surface area contributed by atoms with Gasteiger partial charge in [0.25, 0.3) is 0 Å². The summed E-state index contributed by atoms with van der Waals surface area (Å²) in [6.07, 6.45) is 7.45. The minimum Gasteiger partial charge on any atom is -0.393 e. The lowest BCUT2D eigenvalue weighted by Crippen LogP contribution is -2.42. The van der Waals surface area contributed by atoms with E-state index in [4.69, 9.17) is 0 Å². The van der Waals surface area contributed by atoms with Gasteiger partial charge in [0.15, 0.2) is 0 Å². The van der Waals surface area contributed by atoms with E-state index in [2.05, 4.69) is 13.8 Å². The summed E-state index contributed by atoms with van der Waals surface area (Å²) in [5.41, 5.74) is 0.926. The zero-order valence-electron chi connectivity index (χ0n) is 8.27. The zero-order chi connectivity index (χ0) is 8.82. The van der Waals surface area contributed by atoms with E-state index >= 15 is 0 Å². The van der Waals surface area contributed by atoms with Crippen LogP contribution >= 0.6 is 0 Å². The zero-order valence-corrected chi connectivity index (χ0v) is 8.27. The molecule has 2 saturated carbocycles. The third-order valence-corrected chi connectivity index (χ3v) is 3.87. The van der Waals surface area contributed by atoms with E-state index in [0.29, 0.717) is 10.8 Å². The van der Waals surface area contributed by atoms with Crippen LogP contribution in [0.2, 0.25) is 0 Å². The fourth-order valence-corrected chi connectivity index (χ4v) is 3.71. The Morgan fingerprint density at radius 1 is 1.08 bits per heavy atom. The largest absolute Gasteiger partial charge is 0.393 e. The summed E-state index contributed by atoms with van der Waals surface area (Å²) in [7, 11) is 0. The molecular weight excluding hydrogens is 148 g/mol. The summed E-state index contributed by atoms with van der Waals surface area (Å²) >= 11 is 0. The molecule has 2 bridgehead atoms. The molecule has 2 aliphatic rings. The molecule has 1 nitrogen and oxygen atoms in total. The second-order valence-corrected chi connectivity index (χ2v) is 5.71. The SMILES string of the molecule is C[C@]12CCC[C@](C)(CC(O)C1)C2. The first-order valence-electron chi connectivity index (χ1n) is 5.20. The molecule has 2 rings (SSSR count). The third kappa shape index (κ3) is 1.39. The van der Waals surface area contributed by atoms with Crippen molar-refractivity contribution in [3.8, 4) is 0 Å². The molecule has 1 heteroatoms. The molecule has 0 aliphatic heterocycles. The van der Waals surface area contributed by atoms with E-state index in [1.54, 1.807) is 0 Å². The van der Waals surface area contributed by atoms with Crippen LogP contribution in [0.4, 0.5) is 0 Å². The van der Waals surface area contributed by atoms with Gasteiger partial charge in [0.1, 0.15) is 0 Å². The molecule has 0 spiro atoms. The molecule has 0 amide bonds. The van der Waals surface area contributed by atoms with Gasteiger partial charge in [-0.25, -0.2) is 0 Å². The van der Waals surface area contributed by atoms with E-state index in [9.17, 15) is 5.11 Å². The molecule has 2 fully saturated rings. The van der Waals surface area contributed by atoms with Gasteiger partial charge in [-0.2, -0.15) is 0 Å². The minimum atomic E-state index is -0.0194. The quantitative estimate of drug-likeness (QED) is 0.589. The number of hydrogen-bond donors (Lipinski definition) is 1. The van der Waals surface area contributed by atoms with E-state index in [1.165, 1.54) is 25.7 Å². The Morgan fingerprint density at radius 2 is 1.58 bits per heavy atom. The fraction of sp³-hybridized carbons (Fsp3) is 1.00. The first kappa shape index (κ1) is 8.55. The average molecular weight is 168 g/mol. The van der Waals surface area contributed by atoms with Gasteiger partial charge in [0.05, 0.1) is 6.10 Å². The van der Waals surface area contributed by atoms with Crippen LogP contribution in [0, 0.1) is 10.8 Å². The van der Waals surface area contributed by atoms with Gasteiger partial charge >= 0.3 is 0 Å². The second-order valence-electron chi connectivity index (χ2n) is 5.71. The van der Waals surface area contributed by atoms with Crippen LogP contribution in [-0.4, -0.2) is 11.2 Å². The summed E-state index contributed by atoms with van der Waals surface area (Å²) in [4.78, 5) is 0. The van der Waals surface area contributed by atoms with E-state index in [-0.39, 0.29) is 6.10 Å². The lowest BCUT2D eigenvalue weighted by Gasteiger charge is -2.51. The summed E-state index contributed by atoms with van der Waals surface area (Å²) in [6, 6.07) is 0. The lowest BCUT2D eigenvalue weighted by atomic mass is 9.55. The monoisotopic (exact) mass is 168 g/mol. The minimum absolute atomic E-state index is 0.0194. The second kappa shape index (κ2) is 2.47. The van der Waals surface area contributed by atoms with Crippen molar-refractivity contribution in [3.05, 3.63) is 0 Å². The maximum absolute atomic E-state index is 9.75. The third-order valence-electron chi connectivity index (χ3n) is 3.87. The molecule has 70 valence electrons. The van der Waals surface area contributed by atoms with Gasteiger partial charge in [-0.3, -0.25) is 0 Å². The molecule has 0 radical (unpaired) electrons. The van der Waals surface area contributed by atoms with Crippen molar-refractivity contribution < 1.29 is 5.11 Å². The molecule has 1 unspecified atom stereocenters. The smallest absolute Gasteiger partial charge is 0.0550 e. The predicted molar refractivity (Wildman–Crippen MR) is 49.9 cm³/mol. The van der Waals surface area contributed by atoms with Gasteiger partial charge in [-0.1, -0.05) is 20.3 Å². The number of fused-ring (bicyclic) bond motifs is 2. The number of aliphatic hydroxyl groups is 1. The predicted octanol–water partition coefficient (Wildman–Crippen LogP) is 2.73. The molecule has 12 heavy (non-hydrogen) atoms. The molecule has 0 aromatic heterocycles. The van der Waals surface area contributed by atoms with Crippen molar-refractivity contribution >= 4 is 0 Å². The molecular formula is C11H20O. The maximum atomic E-state index is 9.75. The molecule has 0 aromatic rings. The molecule has 0 heterocycles. The van der Waals surface area contributed by atoms with Crippen LogP contribution in [0.25, 0.3) is 0 Å². The van der Waals surface area contributed by atoms with Crippen LogP contribution in [0.15, 0.2) is 0 Å². The van der Waals surface area contributed by atoms with Crippen molar-refractivity contribution in [1.29, 1.82) is 0 Å². The van der Waals surface area contributed by atoms with E-state index in [1.807, 2.05) is 0 Å². The topological polar surface area (TPSA) is 20.2 Å². The first-order chi connectivity index (χ1) is 5.52. The lowest BCUT2D eigenvalue weighted by molar-refractivity contribution is -0.0507. The summed E-state index contributed by atoms with van der Waals surface area (Å²) < 4.78 is 0. The van der Waals surface area contributed by atoms with Crippen molar-refractivity contribution in [2.75, 3.05) is 0 Å². The van der Waals surface area contributed by atoms with Crippen molar-refractivity contribution in [2.24, 2.45) is 10.8 Å². The van der Waals surface area contributed by atoms with E-state index in [0.717, 1.165) is 12.8 Å². The van der Waals surface area contributed by atoms with Gasteiger partial charge in [-0.05, 0) is 42.9 Å². The number of hydrogen-bond acceptors (Lipinski definition) is 1. The highest BCUT2D eigenvalue weighted by Gasteiger charge is 2.45. The van der Waals surface area contributed by atoms with Crippen LogP contribution in [-0.2, 0) is 0 Å². The molecule has 1 N–H and O–H groups in total.